The number of carbonyl (C=O) groups excluding carboxylic acids is 2. The zero-order valence-electron chi connectivity index (χ0n) is 24.3. The highest BCUT2D eigenvalue weighted by atomic mass is 19.1. The first-order valence-electron chi connectivity index (χ1n) is 14.1. The van der Waals surface area contributed by atoms with Gasteiger partial charge in [0.15, 0.2) is 17.3 Å². The van der Waals surface area contributed by atoms with E-state index in [1.165, 1.54) is 24.3 Å². The Bertz CT molecular complexity index is 1530. The topological polar surface area (TPSA) is 88.1 Å². The summed E-state index contributed by atoms with van der Waals surface area (Å²) in [5.74, 6) is 1.15. The lowest BCUT2D eigenvalue weighted by Gasteiger charge is -2.36. The molecular weight excluding hydrogens is 549 g/mol. The van der Waals surface area contributed by atoms with Crippen LogP contribution in [-0.2, 0) is 11.2 Å². The average Bonchev–Trinajstić information content (AvgIpc) is 3.07. The summed E-state index contributed by atoms with van der Waals surface area (Å²) in [6.07, 6.45) is 0.604. The first kappa shape index (κ1) is 29.5. The van der Waals surface area contributed by atoms with Crippen molar-refractivity contribution in [1.82, 2.24) is 20.0 Å². The number of halogens is 1. The Morgan fingerprint density at radius 3 is 2.21 bits per heavy atom. The largest absolute Gasteiger partial charge is 0.493 e. The molecule has 2 heterocycles. The van der Waals surface area contributed by atoms with Crippen LogP contribution in [0, 0.1) is 5.82 Å². The number of anilines is 1. The number of nitrogens with zero attached hydrogens (tertiary/aromatic N) is 5. The molecule has 1 fully saturated rings. The van der Waals surface area contributed by atoms with Crippen LogP contribution in [0.15, 0.2) is 84.9 Å². The van der Waals surface area contributed by atoms with E-state index < -0.39 is 5.82 Å². The Morgan fingerprint density at radius 1 is 0.837 bits per heavy atom. The number of amides is 2. The molecule has 0 atom stereocenters. The fourth-order valence-corrected chi connectivity index (χ4v) is 5.03. The molecule has 0 radical (unpaired) electrons. The molecule has 1 aromatic heterocycles. The van der Waals surface area contributed by atoms with Crippen LogP contribution in [0.2, 0.25) is 0 Å². The van der Waals surface area contributed by atoms with Crippen molar-refractivity contribution >= 4 is 17.6 Å². The van der Waals surface area contributed by atoms with Gasteiger partial charge < -0.3 is 24.2 Å². The number of ether oxygens (including phenoxy) is 2. The summed E-state index contributed by atoms with van der Waals surface area (Å²) in [7, 11) is 3.18. The molecule has 0 saturated carbocycles. The Morgan fingerprint density at radius 2 is 1.56 bits per heavy atom. The number of aromatic nitrogens is 2. The number of piperazine rings is 1. The summed E-state index contributed by atoms with van der Waals surface area (Å²) in [6.45, 7) is 2.49. The fraction of sp³-hybridized carbons (Fsp3) is 0.273. The number of rotatable bonds is 10. The van der Waals surface area contributed by atoms with Gasteiger partial charge in [0, 0.05) is 43.9 Å². The van der Waals surface area contributed by atoms with Crippen LogP contribution >= 0.6 is 0 Å². The van der Waals surface area contributed by atoms with Crippen molar-refractivity contribution in [3.63, 3.8) is 0 Å². The number of hydrogen-bond donors (Lipinski definition) is 0. The van der Waals surface area contributed by atoms with Crippen LogP contribution in [0.4, 0.5) is 10.2 Å². The Hall–Kier alpha value is -4.99. The highest BCUT2D eigenvalue weighted by Gasteiger charge is 2.26. The minimum atomic E-state index is -0.415. The summed E-state index contributed by atoms with van der Waals surface area (Å²) in [5.41, 5.74) is 2.99. The van der Waals surface area contributed by atoms with Crippen molar-refractivity contribution in [3.8, 4) is 22.8 Å². The van der Waals surface area contributed by atoms with Crippen molar-refractivity contribution in [2.75, 3.05) is 58.4 Å². The van der Waals surface area contributed by atoms with Gasteiger partial charge in [0.2, 0.25) is 5.91 Å². The molecule has 1 aliphatic rings. The second kappa shape index (κ2) is 13.8. The van der Waals surface area contributed by atoms with Crippen molar-refractivity contribution in [2.45, 2.75) is 6.42 Å². The normalized spacial score (nSPS) is 13.0. The van der Waals surface area contributed by atoms with Gasteiger partial charge in [0.1, 0.15) is 12.4 Å². The number of hydrogen-bond acceptors (Lipinski definition) is 7. The maximum absolute atomic E-state index is 13.5. The molecule has 9 nitrogen and oxygen atoms in total. The molecule has 0 aliphatic carbocycles. The van der Waals surface area contributed by atoms with Crippen LogP contribution in [0.3, 0.4) is 0 Å². The van der Waals surface area contributed by atoms with Gasteiger partial charge in [0.25, 0.3) is 5.91 Å². The van der Waals surface area contributed by atoms with Crippen molar-refractivity contribution in [1.29, 1.82) is 0 Å². The molecule has 222 valence electrons. The first-order valence-corrected chi connectivity index (χ1v) is 14.1. The molecule has 1 saturated heterocycles. The molecule has 1 aliphatic heterocycles. The van der Waals surface area contributed by atoms with Gasteiger partial charge in [-0.25, -0.2) is 4.39 Å². The van der Waals surface area contributed by atoms with Crippen molar-refractivity contribution in [2.24, 2.45) is 0 Å². The predicted octanol–water partition coefficient (Wildman–Crippen LogP) is 4.33. The van der Waals surface area contributed by atoms with E-state index >= 15 is 0 Å². The van der Waals surface area contributed by atoms with Crippen LogP contribution in [0.5, 0.6) is 11.5 Å². The maximum Gasteiger partial charge on any atom is 0.254 e. The second-order valence-electron chi connectivity index (χ2n) is 10.2. The standard InChI is InChI=1S/C33H34FN5O4/c1-42-29-14-10-26(22-30(29)43-2)28-13-15-31(36-35-28)37-18-20-38(21-19-37)32(40)23-39(17-16-24-6-4-3-5-7-24)33(41)25-8-11-27(34)12-9-25/h3-15,22H,16-21,23H2,1-2H3. The van der Waals surface area contributed by atoms with Crippen LogP contribution in [0.25, 0.3) is 11.3 Å². The van der Waals surface area contributed by atoms with E-state index in [1.54, 1.807) is 24.0 Å². The fourth-order valence-electron chi connectivity index (χ4n) is 5.03. The summed E-state index contributed by atoms with van der Waals surface area (Å²) >= 11 is 0. The second-order valence-corrected chi connectivity index (χ2v) is 10.2. The molecule has 4 aromatic rings. The van der Waals surface area contributed by atoms with E-state index in [0.717, 1.165) is 16.9 Å². The van der Waals surface area contributed by atoms with Gasteiger partial charge in [-0.15, -0.1) is 10.2 Å². The summed E-state index contributed by atoms with van der Waals surface area (Å²) in [6, 6.07) is 24.6. The number of methoxy groups -OCH3 is 2. The third-order valence-electron chi connectivity index (χ3n) is 7.50. The van der Waals surface area contributed by atoms with E-state index in [0.29, 0.717) is 61.9 Å². The summed E-state index contributed by atoms with van der Waals surface area (Å²) in [4.78, 5) is 32.1. The van der Waals surface area contributed by atoms with Crippen LogP contribution in [0.1, 0.15) is 15.9 Å². The molecule has 3 aromatic carbocycles. The minimum Gasteiger partial charge on any atom is -0.493 e. The highest BCUT2D eigenvalue weighted by Crippen LogP contribution is 2.31. The number of benzene rings is 3. The molecule has 43 heavy (non-hydrogen) atoms. The Balaban J connectivity index is 1.20. The molecule has 10 heteroatoms. The molecule has 5 rings (SSSR count). The van der Waals surface area contributed by atoms with Crippen molar-refractivity contribution in [3.05, 3.63) is 102 Å². The molecule has 2 amide bonds. The smallest absolute Gasteiger partial charge is 0.254 e. The van der Waals surface area contributed by atoms with Gasteiger partial charge in [-0.2, -0.15) is 0 Å². The van der Waals surface area contributed by atoms with Gasteiger partial charge in [-0.3, -0.25) is 9.59 Å². The lowest BCUT2D eigenvalue weighted by Crippen LogP contribution is -2.52. The van der Waals surface area contributed by atoms with Crippen LogP contribution in [-0.4, -0.2) is 85.3 Å². The average molecular weight is 584 g/mol. The van der Waals surface area contributed by atoms with E-state index in [1.807, 2.05) is 60.7 Å². The highest BCUT2D eigenvalue weighted by molar-refractivity contribution is 5.96. The van der Waals surface area contributed by atoms with Gasteiger partial charge in [-0.05, 0) is 66.6 Å². The van der Waals surface area contributed by atoms with Crippen LogP contribution < -0.4 is 14.4 Å². The lowest BCUT2D eigenvalue weighted by molar-refractivity contribution is -0.132. The Kier molecular flexibility index (Phi) is 9.46. The third-order valence-corrected chi connectivity index (χ3v) is 7.50. The molecule has 0 N–H and O–H groups in total. The lowest BCUT2D eigenvalue weighted by atomic mass is 10.1. The third kappa shape index (κ3) is 7.27. The number of carbonyl (C=O) groups is 2. The summed E-state index contributed by atoms with van der Waals surface area (Å²) in [5, 5.41) is 8.84. The van der Waals surface area contributed by atoms with Crippen molar-refractivity contribution < 1.29 is 23.5 Å². The monoisotopic (exact) mass is 583 g/mol. The van der Waals surface area contributed by atoms with Gasteiger partial charge in [-0.1, -0.05) is 30.3 Å². The zero-order valence-corrected chi connectivity index (χ0v) is 24.3. The molecule has 0 bridgehead atoms. The van der Waals surface area contributed by atoms with E-state index in [-0.39, 0.29) is 18.4 Å². The van der Waals surface area contributed by atoms with E-state index in [2.05, 4.69) is 15.1 Å². The quantitative estimate of drug-likeness (QED) is 0.275. The van der Waals surface area contributed by atoms with Gasteiger partial charge in [0.05, 0.1) is 19.9 Å². The maximum atomic E-state index is 13.5. The first-order chi connectivity index (χ1) is 20.9. The molecular formula is C33H34FN5O4. The minimum absolute atomic E-state index is 0.0527. The predicted molar refractivity (Wildman–Crippen MR) is 162 cm³/mol. The molecule has 0 unspecified atom stereocenters. The SMILES string of the molecule is COc1ccc(-c2ccc(N3CCN(C(=O)CN(CCc4ccccc4)C(=O)c4ccc(F)cc4)CC3)nn2)cc1OC. The zero-order chi connectivity index (χ0) is 30.2. The molecule has 0 spiro atoms. The Labute approximate surface area is 250 Å². The van der Waals surface area contributed by atoms with E-state index in [4.69, 9.17) is 9.47 Å². The summed E-state index contributed by atoms with van der Waals surface area (Å²) < 4.78 is 24.2. The van der Waals surface area contributed by atoms with E-state index in [9.17, 15) is 14.0 Å². The van der Waals surface area contributed by atoms with Gasteiger partial charge >= 0.3 is 0 Å².